The quantitative estimate of drug-likeness (QED) is 0.842. The zero-order valence-corrected chi connectivity index (χ0v) is 13.0. The summed E-state index contributed by atoms with van der Waals surface area (Å²) in [5, 5.41) is 3.56. The fraction of sp³-hybridized carbons (Fsp3) is 0.941. The molecule has 20 heavy (non-hydrogen) atoms. The molecule has 114 valence electrons. The molecule has 1 heterocycles. The van der Waals surface area contributed by atoms with Crippen molar-refractivity contribution in [1.29, 1.82) is 0 Å². The van der Waals surface area contributed by atoms with E-state index < -0.39 is 0 Å². The molecule has 3 nitrogen and oxygen atoms in total. The molecule has 0 aromatic heterocycles. The largest absolute Gasteiger partial charge is 0.334 e. The number of carbonyl (C=O) groups excluding carboxylic acids is 1. The molecule has 3 rings (SSSR count). The minimum absolute atomic E-state index is 0.0121. The van der Waals surface area contributed by atoms with Gasteiger partial charge in [0.1, 0.15) is 0 Å². The number of carbonyl (C=O) groups is 1. The molecule has 3 fully saturated rings. The van der Waals surface area contributed by atoms with Gasteiger partial charge in [-0.25, -0.2) is 0 Å². The maximum atomic E-state index is 13.3. The minimum atomic E-state index is -0.0121. The summed E-state index contributed by atoms with van der Waals surface area (Å²) in [7, 11) is 0. The summed E-state index contributed by atoms with van der Waals surface area (Å²) in [5.74, 6) is 0.501. The Hall–Kier alpha value is -0.570. The van der Waals surface area contributed by atoms with E-state index in [1.807, 2.05) is 0 Å². The summed E-state index contributed by atoms with van der Waals surface area (Å²) in [5.41, 5.74) is 0.139. The zero-order chi connectivity index (χ0) is 14.1. The number of piperazine rings is 1. The topological polar surface area (TPSA) is 32.3 Å². The van der Waals surface area contributed by atoms with E-state index in [1.165, 1.54) is 44.9 Å². The summed E-state index contributed by atoms with van der Waals surface area (Å²) in [6.07, 6.45) is 12.2. The first-order chi connectivity index (χ1) is 9.72. The average Bonchev–Trinajstić information content (AvgIpc) is 2.98. The van der Waals surface area contributed by atoms with Gasteiger partial charge < -0.3 is 10.2 Å². The van der Waals surface area contributed by atoms with Crippen LogP contribution in [0.5, 0.6) is 0 Å². The van der Waals surface area contributed by atoms with Gasteiger partial charge >= 0.3 is 0 Å². The number of hydrogen-bond acceptors (Lipinski definition) is 2. The van der Waals surface area contributed by atoms with Crippen LogP contribution in [0.3, 0.4) is 0 Å². The summed E-state index contributed by atoms with van der Waals surface area (Å²) in [6, 6.07) is 0. The molecular weight excluding hydrogens is 248 g/mol. The van der Waals surface area contributed by atoms with Crippen molar-refractivity contribution in [3.63, 3.8) is 0 Å². The van der Waals surface area contributed by atoms with Crippen LogP contribution in [0.2, 0.25) is 0 Å². The molecule has 0 unspecified atom stereocenters. The van der Waals surface area contributed by atoms with Gasteiger partial charge in [-0.2, -0.15) is 0 Å². The molecule has 0 atom stereocenters. The van der Waals surface area contributed by atoms with Crippen molar-refractivity contribution in [3.8, 4) is 0 Å². The van der Waals surface area contributed by atoms with Crippen LogP contribution in [0.15, 0.2) is 0 Å². The fourth-order valence-corrected chi connectivity index (χ4v) is 4.87. The van der Waals surface area contributed by atoms with E-state index in [2.05, 4.69) is 17.1 Å². The zero-order valence-electron chi connectivity index (χ0n) is 13.0. The molecule has 0 aromatic carbocycles. The second-order valence-corrected chi connectivity index (χ2v) is 7.26. The summed E-state index contributed by atoms with van der Waals surface area (Å²) in [6.45, 7) is 5.16. The average molecular weight is 278 g/mol. The molecule has 0 aromatic rings. The number of hydrogen-bond donors (Lipinski definition) is 1. The highest BCUT2D eigenvalue weighted by Gasteiger charge is 2.49. The second-order valence-electron chi connectivity index (χ2n) is 7.26. The van der Waals surface area contributed by atoms with Crippen LogP contribution in [0, 0.1) is 5.41 Å². The first-order valence-corrected chi connectivity index (χ1v) is 8.75. The molecule has 3 aliphatic rings. The Bertz CT molecular complexity index is 346. The molecular formula is C17H30N2O. The highest BCUT2D eigenvalue weighted by atomic mass is 16.2. The lowest BCUT2D eigenvalue weighted by atomic mass is 9.75. The minimum Gasteiger partial charge on any atom is -0.334 e. The lowest BCUT2D eigenvalue weighted by molar-refractivity contribution is -0.152. The van der Waals surface area contributed by atoms with E-state index in [4.69, 9.17) is 0 Å². The molecule has 2 aliphatic carbocycles. The van der Waals surface area contributed by atoms with Crippen LogP contribution >= 0.6 is 0 Å². The smallest absolute Gasteiger partial charge is 0.229 e. The van der Waals surface area contributed by atoms with Crippen LogP contribution in [0.25, 0.3) is 0 Å². The van der Waals surface area contributed by atoms with Crippen molar-refractivity contribution in [2.75, 3.05) is 19.6 Å². The van der Waals surface area contributed by atoms with E-state index in [0.717, 1.165) is 38.9 Å². The Morgan fingerprint density at radius 2 is 1.70 bits per heavy atom. The molecule has 1 N–H and O–H groups in total. The van der Waals surface area contributed by atoms with Gasteiger partial charge in [-0.05, 0) is 32.1 Å². The van der Waals surface area contributed by atoms with Gasteiger partial charge in [-0.3, -0.25) is 4.79 Å². The van der Waals surface area contributed by atoms with E-state index in [-0.39, 0.29) is 11.0 Å². The van der Waals surface area contributed by atoms with Gasteiger partial charge in [0.25, 0.3) is 0 Å². The number of nitrogens with zero attached hydrogens (tertiary/aromatic N) is 1. The third-order valence-corrected chi connectivity index (χ3v) is 6.26. The van der Waals surface area contributed by atoms with Crippen LogP contribution in [0.1, 0.15) is 71.1 Å². The van der Waals surface area contributed by atoms with Gasteiger partial charge in [-0.1, -0.05) is 39.0 Å². The van der Waals surface area contributed by atoms with E-state index in [1.54, 1.807) is 0 Å². The van der Waals surface area contributed by atoms with Gasteiger partial charge in [-0.15, -0.1) is 0 Å². The lowest BCUT2D eigenvalue weighted by Crippen LogP contribution is -2.65. The maximum absolute atomic E-state index is 13.3. The Morgan fingerprint density at radius 3 is 2.35 bits per heavy atom. The fourth-order valence-electron chi connectivity index (χ4n) is 4.87. The van der Waals surface area contributed by atoms with E-state index >= 15 is 0 Å². The van der Waals surface area contributed by atoms with Gasteiger partial charge in [0.2, 0.25) is 5.91 Å². The number of amides is 1. The third kappa shape index (κ3) is 2.28. The molecule has 1 saturated heterocycles. The molecule has 1 amide bonds. The van der Waals surface area contributed by atoms with Crippen molar-refractivity contribution < 1.29 is 4.79 Å². The summed E-state index contributed by atoms with van der Waals surface area (Å²) < 4.78 is 0. The normalized spacial score (nSPS) is 28.8. The number of rotatable bonds is 2. The van der Waals surface area contributed by atoms with E-state index in [9.17, 15) is 4.79 Å². The van der Waals surface area contributed by atoms with Crippen LogP contribution in [-0.2, 0) is 4.79 Å². The van der Waals surface area contributed by atoms with Gasteiger partial charge in [0, 0.05) is 25.0 Å². The lowest BCUT2D eigenvalue weighted by Gasteiger charge is -2.52. The predicted molar refractivity (Wildman–Crippen MR) is 81.6 cm³/mol. The molecule has 1 spiro atoms. The third-order valence-electron chi connectivity index (χ3n) is 6.26. The van der Waals surface area contributed by atoms with Crippen LogP contribution in [-0.4, -0.2) is 36.0 Å². The Morgan fingerprint density at radius 1 is 1.05 bits per heavy atom. The summed E-state index contributed by atoms with van der Waals surface area (Å²) in [4.78, 5) is 15.7. The maximum Gasteiger partial charge on any atom is 0.229 e. The number of nitrogens with one attached hydrogen (secondary N) is 1. The highest BCUT2D eigenvalue weighted by Crippen LogP contribution is 2.45. The molecule has 3 heteroatoms. The summed E-state index contributed by atoms with van der Waals surface area (Å²) >= 11 is 0. The van der Waals surface area contributed by atoms with Gasteiger partial charge in [0.05, 0.1) is 5.54 Å². The van der Waals surface area contributed by atoms with E-state index in [0.29, 0.717) is 5.91 Å². The van der Waals surface area contributed by atoms with Gasteiger partial charge in [0.15, 0.2) is 0 Å². The van der Waals surface area contributed by atoms with Crippen LogP contribution < -0.4 is 5.32 Å². The van der Waals surface area contributed by atoms with Crippen molar-refractivity contribution in [1.82, 2.24) is 10.2 Å². The van der Waals surface area contributed by atoms with Crippen molar-refractivity contribution in [2.24, 2.45) is 5.41 Å². The Balaban J connectivity index is 1.83. The first kappa shape index (κ1) is 14.4. The second kappa shape index (κ2) is 5.67. The van der Waals surface area contributed by atoms with Crippen molar-refractivity contribution in [2.45, 2.75) is 76.7 Å². The Kier molecular flexibility index (Phi) is 4.07. The Labute approximate surface area is 123 Å². The first-order valence-electron chi connectivity index (χ1n) is 8.75. The SMILES string of the molecule is CCC1(C(=O)N2CCNCC23CCCCC3)CCCC1. The monoisotopic (exact) mass is 278 g/mol. The molecule has 0 radical (unpaired) electrons. The molecule has 0 bridgehead atoms. The molecule has 1 aliphatic heterocycles. The predicted octanol–water partition coefficient (Wildman–Crippen LogP) is 3.09. The van der Waals surface area contributed by atoms with Crippen LogP contribution in [0.4, 0.5) is 0 Å². The standard InChI is InChI=1S/C17H30N2O/c1-2-16(8-6-7-9-16)15(20)19-13-12-18-14-17(19)10-4-3-5-11-17/h18H,2-14H2,1H3. The highest BCUT2D eigenvalue weighted by molar-refractivity contribution is 5.84. The van der Waals surface area contributed by atoms with Crippen molar-refractivity contribution >= 4 is 5.91 Å². The molecule has 2 saturated carbocycles. The van der Waals surface area contributed by atoms with Crippen molar-refractivity contribution in [3.05, 3.63) is 0 Å².